The molecule has 0 radical (unpaired) electrons. The van der Waals surface area contributed by atoms with Crippen LogP contribution in [-0.2, 0) is 6.54 Å². The second-order valence-electron chi connectivity index (χ2n) is 8.45. The lowest BCUT2D eigenvalue weighted by Gasteiger charge is -2.37. The fourth-order valence-electron chi connectivity index (χ4n) is 4.84. The number of thiocarbonyl (C=S) groups is 1. The molecular weight excluding hydrogens is 366 g/mol. The smallest absolute Gasteiger partial charge is 0.171 e. The van der Waals surface area contributed by atoms with Gasteiger partial charge in [-0.3, -0.25) is 4.68 Å². The topological polar surface area (TPSA) is 45.1 Å². The third kappa shape index (κ3) is 3.80. The minimum atomic E-state index is 0.469. The van der Waals surface area contributed by atoms with Crippen molar-refractivity contribution in [2.75, 3.05) is 12.4 Å². The molecule has 150 valence electrons. The molecule has 2 aromatic rings. The molecule has 4 rings (SSSR count). The summed E-state index contributed by atoms with van der Waals surface area (Å²) in [7, 11) is 2.27. The lowest BCUT2D eigenvalue weighted by molar-refractivity contribution is 0.156. The number of anilines is 1. The lowest BCUT2D eigenvalue weighted by Crippen LogP contribution is -2.49. The van der Waals surface area contributed by atoms with Gasteiger partial charge in [0.25, 0.3) is 0 Å². The largest absolute Gasteiger partial charge is 0.360 e. The van der Waals surface area contributed by atoms with Gasteiger partial charge in [0.1, 0.15) is 0 Å². The van der Waals surface area contributed by atoms with Gasteiger partial charge in [-0.2, -0.15) is 5.10 Å². The fraction of sp³-hybridized carbons (Fsp3) is 0.545. The number of aromatic nitrogens is 2. The number of hydrogen-bond acceptors (Lipinski definition) is 3. The van der Waals surface area contributed by atoms with Crippen LogP contribution in [0.25, 0.3) is 0 Å². The van der Waals surface area contributed by atoms with E-state index in [0.29, 0.717) is 18.1 Å². The van der Waals surface area contributed by atoms with Crippen molar-refractivity contribution in [2.24, 2.45) is 0 Å². The van der Waals surface area contributed by atoms with Crippen LogP contribution in [0.1, 0.15) is 48.2 Å². The minimum absolute atomic E-state index is 0.469. The number of nitrogens with zero attached hydrogens (tertiary/aromatic N) is 3. The molecule has 6 heteroatoms. The summed E-state index contributed by atoms with van der Waals surface area (Å²) in [5.74, 6) is 0. The fourth-order valence-corrected chi connectivity index (χ4v) is 5.11. The van der Waals surface area contributed by atoms with Crippen molar-refractivity contribution in [3.8, 4) is 0 Å². The number of fused-ring (bicyclic) bond motifs is 2. The number of nitrogens with one attached hydrogen (secondary N) is 2. The lowest BCUT2D eigenvalue weighted by atomic mass is 9.98. The number of hydrogen-bond donors (Lipinski definition) is 2. The highest BCUT2D eigenvalue weighted by Gasteiger charge is 2.38. The molecule has 0 saturated carbocycles. The number of piperidine rings is 1. The van der Waals surface area contributed by atoms with Gasteiger partial charge in [0.2, 0.25) is 0 Å². The summed E-state index contributed by atoms with van der Waals surface area (Å²) in [5.41, 5.74) is 5.72. The van der Waals surface area contributed by atoms with E-state index in [9.17, 15) is 0 Å². The van der Waals surface area contributed by atoms with Crippen molar-refractivity contribution in [3.05, 3.63) is 46.8 Å². The molecule has 2 saturated heterocycles. The van der Waals surface area contributed by atoms with Crippen molar-refractivity contribution in [1.29, 1.82) is 0 Å². The predicted octanol–water partition coefficient (Wildman–Crippen LogP) is 3.77. The van der Waals surface area contributed by atoms with Gasteiger partial charge < -0.3 is 15.5 Å². The molecule has 2 aliphatic rings. The summed E-state index contributed by atoms with van der Waals surface area (Å²) in [6, 6.07) is 10.4. The maximum atomic E-state index is 5.65. The van der Waals surface area contributed by atoms with E-state index in [1.54, 1.807) is 0 Å². The van der Waals surface area contributed by atoms with Crippen molar-refractivity contribution in [3.63, 3.8) is 0 Å². The normalized spacial score (nSPS) is 24.4. The number of benzene rings is 1. The Morgan fingerprint density at radius 1 is 1.14 bits per heavy atom. The third-order valence-corrected chi connectivity index (χ3v) is 6.85. The van der Waals surface area contributed by atoms with Gasteiger partial charge in [-0.05, 0) is 76.8 Å². The second-order valence-corrected chi connectivity index (χ2v) is 8.86. The van der Waals surface area contributed by atoms with Gasteiger partial charge in [0.15, 0.2) is 5.11 Å². The summed E-state index contributed by atoms with van der Waals surface area (Å²) in [4.78, 5) is 2.55. The molecule has 3 heterocycles. The third-order valence-electron chi connectivity index (χ3n) is 6.63. The van der Waals surface area contributed by atoms with E-state index in [4.69, 9.17) is 17.3 Å². The quantitative estimate of drug-likeness (QED) is 0.769. The Labute approximate surface area is 173 Å². The van der Waals surface area contributed by atoms with Crippen LogP contribution in [0.3, 0.4) is 0 Å². The van der Waals surface area contributed by atoms with Gasteiger partial charge in [0.05, 0.1) is 23.6 Å². The van der Waals surface area contributed by atoms with Gasteiger partial charge in [-0.15, -0.1) is 0 Å². The van der Waals surface area contributed by atoms with Gasteiger partial charge in [0, 0.05) is 18.1 Å². The summed E-state index contributed by atoms with van der Waals surface area (Å²) in [6.07, 6.45) is 5.01. The molecule has 0 aliphatic carbocycles. The van der Waals surface area contributed by atoms with E-state index < -0.39 is 0 Å². The Kier molecular flexibility index (Phi) is 5.43. The Morgan fingerprint density at radius 2 is 1.82 bits per heavy atom. The molecule has 28 heavy (non-hydrogen) atoms. The van der Waals surface area contributed by atoms with Gasteiger partial charge in [-0.25, -0.2) is 0 Å². The SMILES string of the molecule is Cc1ccccc1Cn1nc(C)c(NC(=S)NC2C[C@H]3CC[C@H](C2)N3C)c1C. The maximum absolute atomic E-state index is 5.65. The van der Waals surface area contributed by atoms with E-state index in [-0.39, 0.29) is 0 Å². The summed E-state index contributed by atoms with van der Waals surface area (Å²) < 4.78 is 2.07. The van der Waals surface area contributed by atoms with Crippen LogP contribution in [0.5, 0.6) is 0 Å². The second kappa shape index (κ2) is 7.84. The maximum Gasteiger partial charge on any atom is 0.171 e. The highest BCUT2D eigenvalue weighted by Crippen LogP contribution is 2.34. The van der Waals surface area contributed by atoms with Gasteiger partial charge >= 0.3 is 0 Å². The molecule has 2 aliphatic heterocycles. The summed E-state index contributed by atoms with van der Waals surface area (Å²) in [5, 5.41) is 12.5. The Hall–Kier alpha value is -1.92. The molecule has 0 spiro atoms. The molecule has 1 aromatic carbocycles. The highest BCUT2D eigenvalue weighted by atomic mass is 32.1. The molecular formula is C22H31N5S. The van der Waals surface area contributed by atoms with Crippen LogP contribution in [0, 0.1) is 20.8 Å². The van der Waals surface area contributed by atoms with Crippen LogP contribution in [0.2, 0.25) is 0 Å². The van der Waals surface area contributed by atoms with Crippen LogP contribution >= 0.6 is 12.2 Å². The van der Waals surface area contributed by atoms with E-state index in [1.807, 2.05) is 6.92 Å². The molecule has 0 amide bonds. The molecule has 1 aromatic heterocycles. The van der Waals surface area contributed by atoms with Crippen molar-refractivity contribution in [2.45, 2.75) is 71.1 Å². The standard InChI is InChI=1S/C22H31N5S/c1-14-7-5-6-8-17(14)13-27-16(3)21(15(2)25-27)24-22(28)23-18-11-19-9-10-20(12-18)26(19)4/h5-8,18-20H,9-13H2,1-4H3,(H2,23,24,28)/t19-,20-/m1/s1. The zero-order valence-corrected chi connectivity index (χ0v) is 18.1. The monoisotopic (exact) mass is 397 g/mol. The van der Waals surface area contributed by atoms with Gasteiger partial charge in [-0.1, -0.05) is 24.3 Å². The Balaban J connectivity index is 1.41. The Bertz CT molecular complexity index is 860. The van der Waals surface area contributed by atoms with E-state index in [2.05, 4.69) is 65.4 Å². The molecule has 2 bridgehead atoms. The van der Waals surface area contributed by atoms with Crippen LogP contribution < -0.4 is 10.6 Å². The molecule has 0 unspecified atom stereocenters. The molecule has 5 nitrogen and oxygen atoms in total. The van der Waals surface area contributed by atoms with E-state index in [0.717, 1.165) is 28.7 Å². The minimum Gasteiger partial charge on any atom is -0.360 e. The first-order valence-electron chi connectivity index (χ1n) is 10.3. The van der Waals surface area contributed by atoms with E-state index in [1.165, 1.54) is 36.8 Å². The average Bonchev–Trinajstić information content (AvgIpc) is 3.01. The molecule has 2 atom stereocenters. The zero-order chi connectivity index (χ0) is 19.8. The van der Waals surface area contributed by atoms with Crippen molar-refractivity contribution in [1.82, 2.24) is 20.0 Å². The first-order chi connectivity index (χ1) is 13.4. The van der Waals surface area contributed by atoms with Crippen LogP contribution in [0.15, 0.2) is 24.3 Å². The van der Waals surface area contributed by atoms with Crippen molar-refractivity contribution >= 4 is 23.0 Å². The number of rotatable bonds is 4. The first kappa shape index (κ1) is 19.4. The average molecular weight is 398 g/mol. The zero-order valence-electron chi connectivity index (χ0n) is 17.3. The number of aryl methyl sites for hydroxylation is 2. The van der Waals surface area contributed by atoms with Crippen molar-refractivity contribution < 1.29 is 0 Å². The summed E-state index contributed by atoms with van der Waals surface area (Å²) >= 11 is 5.65. The van der Waals surface area contributed by atoms with Crippen LogP contribution in [-0.4, -0.2) is 45.0 Å². The molecule has 2 fully saturated rings. The summed E-state index contributed by atoms with van der Waals surface area (Å²) in [6.45, 7) is 7.08. The van der Waals surface area contributed by atoms with E-state index >= 15 is 0 Å². The predicted molar refractivity (Wildman–Crippen MR) is 119 cm³/mol. The highest BCUT2D eigenvalue weighted by molar-refractivity contribution is 7.80. The first-order valence-corrected chi connectivity index (χ1v) is 10.7. The van der Waals surface area contributed by atoms with Crippen LogP contribution in [0.4, 0.5) is 5.69 Å². The Morgan fingerprint density at radius 3 is 2.50 bits per heavy atom. The molecule has 2 N–H and O–H groups in total.